The molecule has 0 fully saturated rings. The smallest absolute Gasteiger partial charge is 0.161 e. The van der Waals surface area contributed by atoms with Crippen LogP contribution in [0.3, 0.4) is 0 Å². The van der Waals surface area contributed by atoms with Crippen molar-refractivity contribution in [3.05, 3.63) is 33.2 Å². The summed E-state index contributed by atoms with van der Waals surface area (Å²) in [4.78, 5) is 0. The van der Waals surface area contributed by atoms with E-state index in [1.807, 2.05) is 0 Å². The van der Waals surface area contributed by atoms with Crippen LogP contribution in [0, 0.1) is 21.0 Å². The third-order valence-electron chi connectivity index (χ3n) is 0.963. The molecule has 0 radical (unpaired) electrons. The van der Waals surface area contributed by atoms with Crippen LogP contribution in [0.1, 0.15) is 0 Å². The zero-order valence-corrected chi connectivity index (χ0v) is 6.82. The summed E-state index contributed by atoms with van der Waals surface area (Å²) in [7, 11) is 0. The van der Waals surface area contributed by atoms with Gasteiger partial charge in [-0.15, -0.1) is 0 Å². The molecule has 10 heavy (non-hydrogen) atoms. The molecule has 0 saturated carbocycles. The van der Waals surface area contributed by atoms with Crippen molar-refractivity contribution in [2.75, 3.05) is 0 Å². The van der Waals surface area contributed by atoms with Gasteiger partial charge in [-0.05, 0) is 28.7 Å². The van der Waals surface area contributed by atoms with Crippen LogP contribution in [-0.2, 0) is 0 Å². The molecule has 0 spiro atoms. The fourth-order valence-corrected chi connectivity index (χ4v) is 0.927. The summed E-state index contributed by atoms with van der Waals surface area (Å²) in [5.41, 5.74) is 0. The predicted octanol–water partition coefficient (Wildman–Crippen LogP) is 2.71. The van der Waals surface area contributed by atoms with Crippen LogP contribution >= 0.6 is 22.6 Å². The minimum absolute atomic E-state index is 0.0801. The molecule has 0 aliphatic heterocycles. The van der Waals surface area contributed by atoms with Crippen molar-refractivity contribution in [1.29, 1.82) is 0 Å². The lowest BCUT2D eigenvalue weighted by atomic mass is 10.3. The first-order chi connectivity index (χ1) is 4.61. The van der Waals surface area contributed by atoms with E-state index in [1.54, 1.807) is 22.6 Å². The Labute approximate surface area is 69.2 Å². The minimum atomic E-state index is -1.15. The van der Waals surface area contributed by atoms with Gasteiger partial charge < -0.3 is 0 Å². The van der Waals surface area contributed by atoms with E-state index >= 15 is 0 Å². The zero-order chi connectivity index (χ0) is 7.72. The second-order valence-corrected chi connectivity index (χ2v) is 2.84. The van der Waals surface area contributed by atoms with Crippen LogP contribution in [0.5, 0.6) is 0 Å². The van der Waals surface area contributed by atoms with Gasteiger partial charge in [0.2, 0.25) is 0 Å². The van der Waals surface area contributed by atoms with Crippen LogP contribution < -0.4 is 0 Å². The molecule has 54 valence electrons. The SMILES string of the molecule is Fc1cc(F)c(I)cc1F. The van der Waals surface area contributed by atoms with Gasteiger partial charge in [-0.1, -0.05) is 0 Å². The third kappa shape index (κ3) is 1.42. The highest BCUT2D eigenvalue weighted by molar-refractivity contribution is 14.1. The number of halogens is 4. The topological polar surface area (TPSA) is 0 Å². The summed E-state index contributed by atoms with van der Waals surface area (Å²) in [5.74, 6) is -2.91. The van der Waals surface area contributed by atoms with E-state index in [2.05, 4.69) is 0 Å². The number of benzene rings is 1. The largest absolute Gasteiger partial charge is 0.206 e. The molecule has 1 aromatic carbocycles. The molecule has 0 atom stereocenters. The quantitative estimate of drug-likeness (QED) is 0.495. The molecule has 0 aliphatic carbocycles. The third-order valence-corrected chi connectivity index (χ3v) is 1.79. The Balaban J connectivity index is 3.28. The van der Waals surface area contributed by atoms with Crippen molar-refractivity contribution in [3.63, 3.8) is 0 Å². The fourth-order valence-electron chi connectivity index (χ4n) is 0.498. The Morgan fingerprint density at radius 2 is 1.40 bits per heavy atom. The molecule has 0 saturated heterocycles. The first-order valence-corrected chi connectivity index (χ1v) is 3.49. The highest BCUT2D eigenvalue weighted by Gasteiger charge is 2.06. The molecule has 1 aromatic rings. The lowest BCUT2D eigenvalue weighted by Crippen LogP contribution is -1.88. The summed E-state index contributed by atoms with van der Waals surface area (Å²) in [6.45, 7) is 0. The van der Waals surface area contributed by atoms with Gasteiger partial charge in [-0.25, -0.2) is 13.2 Å². The van der Waals surface area contributed by atoms with Gasteiger partial charge >= 0.3 is 0 Å². The first kappa shape index (κ1) is 7.84. The van der Waals surface area contributed by atoms with E-state index in [0.717, 1.165) is 6.07 Å². The van der Waals surface area contributed by atoms with Crippen LogP contribution in [0.25, 0.3) is 0 Å². The normalized spacial score (nSPS) is 10.0. The van der Waals surface area contributed by atoms with Crippen LogP contribution in [0.15, 0.2) is 12.1 Å². The monoisotopic (exact) mass is 258 g/mol. The molecule has 0 bridgehead atoms. The van der Waals surface area contributed by atoms with Crippen LogP contribution in [0.4, 0.5) is 13.2 Å². The molecule has 0 aliphatic rings. The molecule has 0 nitrogen and oxygen atoms in total. The van der Waals surface area contributed by atoms with Crippen LogP contribution in [-0.4, -0.2) is 0 Å². The number of hydrogen-bond acceptors (Lipinski definition) is 0. The summed E-state index contributed by atoms with van der Waals surface area (Å²) < 4.78 is 36.8. The van der Waals surface area contributed by atoms with E-state index in [0.29, 0.717) is 6.07 Å². The van der Waals surface area contributed by atoms with Crippen LogP contribution in [0.2, 0.25) is 0 Å². The maximum absolute atomic E-state index is 12.3. The van der Waals surface area contributed by atoms with Crippen molar-refractivity contribution in [1.82, 2.24) is 0 Å². The van der Waals surface area contributed by atoms with E-state index in [4.69, 9.17) is 0 Å². The lowest BCUT2D eigenvalue weighted by molar-refractivity contribution is 0.492. The van der Waals surface area contributed by atoms with Gasteiger partial charge in [0.05, 0.1) is 3.57 Å². The zero-order valence-electron chi connectivity index (χ0n) is 4.67. The summed E-state index contributed by atoms with van der Waals surface area (Å²) in [6, 6.07) is 1.34. The molecule has 0 N–H and O–H groups in total. The van der Waals surface area contributed by atoms with E-state index < -0.39 is 17.5 Å². The van der Waals surface area contributed by atoms with E-state index in [-0.39, 0.29) is 3.57 Å². The Hall–Kier alpha value is -0.260. The summed E-state index contributed by atoms with van der Waals surface area (Å²) in [5, 5.41) is 0. The van der Waals surface area contributed by atoms with E-state index in [9.17, 15) is 13.2 Å². The van der Waals surface area contributed by atoms with E-state index in [1.165, 1.54) is 0 Å². The van der Waals surface area contributed by atoms with Gasteiger partial charge in [0.1, 0.15) is 5.82 Å². The maximum Gasteiger partial charge on any atom is 0.161 e. The molecular weight excluding hydrogens is 256 g/mol. The van der Waals surface area contributed by atoms with Gasteiger partial charge in [0.25, 0.3) is 0 Å². The summed E-state index contributed by atoms with van der Waals surface area (Å²) >= 11 is 1.58. The van der Waals surface area contributed by atoms with Crippen molar-refractivity contribution >= 4 is 22.6 Å². The lowest BCUT2D eigenvalue weighted by Gasteiger charge is -1.94. The Morgan fingerprint density at radius 3 is 1.90 bits per heavy atom. The second-order valence-electron chi connectivity index (χ2n) is 1.68. The van der Waals surface area contributed by atoms with Gasteiger partial charge in [-0.3, -0.25) is 0 Å². The Morgan fingerprint density at radius 1 is 0.900 bits per heavy atom. The second kappa shape index (κ2) is 2.77. The van der Waals surface area contributed by atoms with Crippen molar-refractivity contribution in [2.24, 2.45) is 0 Å². The molecule has 1 rings (SSSR count). The number of hydrogen-bond donors (Lipinski definition) is 0. The maximum atomic E-state index is 12.3. The Bertz CT molecular complexity index is 209. The average Bonchev–Trinajstić information content (AvgIpc) is 1.84. The molecule has 0 aromatic heterocycles. The molecule has 0 amide bonds. The molecule has 4 heteroatoms. The van der Waals surface area contributed by atoms with Gasteiger partial charge in [0, 0.05) is 6.07 Å². The molecular formula is C6H2F3I. The predicted molar refractivity (Wildman–Crippen MR) is 39.0 cm³/mol. The molecule has 0 unspecified atom stereocenters. The number of rotatable bonds is 0. The standard InChI is InChI=1S/C6H2F3I/c7-3-1-5(9)6(10)2-4(3)8/h1-2H. The van der Waals surface area contributed by atoms with Crippen molar-refractivity contribution in [2.45, 2.75) is 0 Å². The summed E-state index contributed by atoms with van der Waals surface area (Å²) in [6.07, 6.45) is 0. The highest BCUT2D eigenvalue weighted by Crippen LogP contribution is 2.14. The fraction of sp³-hybridized carbons (Fsp3) is 0. The molecule has 0 heterocycles. The first-order valence-electron chi connectivity index (χ1n) is 2.41. The highest BCUT2D eigenvalue weighted by atomic mass is 127. The van der Waals surface area contributed by atoms with Gasteiger partial charge in [0.15, 0.2) is 11.6 Å². The minimum Gasteiger partial charge on any atom is -0.206 e. The van der Waals surface area contributed by atoms with Crippen molar-refractivity contribution < 1.29 is 13.2 Å². The van der Waals surface area contributed by atoms with Crippen molar-refractivity contribution in [3.8, 4) is 0 Å². The average molecular weight is 258 g/mol. The van der Waals surface area contributed by atoms with Gasteiger partial charge in [-0.2, -0.15) is 0 Å². The Kier molecular flexibility index (Phi) is 2.18.